The SMILES string of the molecule is CCc1ccccc1Nc1nc(N)nc(CSc2cc(C#N)ccn2)n1. The van der Waals surface area contributed by atoms with Crippen molar-refractivity contribution in [1.29, 1.82) is 5.26 Å². The van der Waals surface area contributed by atoms with Gasteiger partial charge in [-0.3, -0.25) is 0 Å². The minimum absolute atomic E-state index is 0.158. The molecule has 0 radical (unpaired) electrons. The van der Waals surface area contributed by atoms with Crippen LogP contribution in [0.25, 0.3) is 0 Å². The predicted molar refractivity (Wildman–Crippen MR) is 102 cm³/mol. The molecule has 3 rings (SSSR count). The summed E-state index contributed by atoms with van der Waals surface area (Å²) in [5, 5.41) is 12.9. The first kappa shape index (κ1) is 17.6. The highest BCUT2D eigenvalue weighted by Gasteiger charge is 2.08. The molecule has 2 heterocycles. The maximum absolute atomic E-state index is 8.96. The molecule has 130 valence electrons. The van der Waals surface area contributed by atoms with Gasteiger partial charge in [-0.05, 0) is 30.2 Å². The first-order chi connectivity index (χ1) is 12.7. The van der Waals surface area contributed by atoms with Crippen molar-refractivity contribution in [3.05, 3.63) is 59.5 Å². The van der Waals surface area contributed by atoms with E-state index in [2.05, 4.69) is 44.3 Å². The van der Waals surface area contributed by atoms with Crippen molar-refractivity contribution in [2.24, 2.45) is 0 Å². The number of nitrogens with one attached hydrogen (secondary N) is 1. The van der Waals surface area contributed by atoms with Gasteiger partial charge in [0.1, 0.15) is 5.82 Å². The van der Waals surface area contributed by atoms with Gasteiger partial charge in [0.15, 0.2) is 0 Å². The normalized spacial score (nSPS) is 10.3. The van der Waals surface area contributed by atoms with E-state index in [0.29, 0.717) is 23.1 Å². The summed E-state index contributed by atoms with van der Waals surface area (Å²) in [6.45, 7) is 2.09. The van der Waals surface area contributed by atoms with E-state index >= 15 is 0 Å². The molecule has 0 saturated heterocycles. The van der Waals surface area contributed by atoms with Crippen molar-refractivity contribution in [1.82, 2.24) is 19.9 Å². The standard InChI is InChI=1S/C18H17N7S/c1-2-13-5-3-4-6-14(13)22-18-24-15(23-17(20)25-18)11-26-16-9-12(10-19)7-8-21-16/h3-9H,2,11H2,1H3,(H3,20,22,23,24,25). The van der Waals surface area contributed by atoms with E-state index in [1.807, 2.05) is 18.2 Å². The van der Waals surface area contributed by atoms with E-state index in [0.717, 1.165) is 17.1 Å². The fourth-order valence-electron chi connectivity index (χ4n) is 2.33. The summed E-state index contributed by atoms with van der Waals surface area (Å²) >= 11 is 1.44. The number of aryl methyl sites for hydroxylation is 1. The zero-order valence-corrected chi connectivity index (χ0v) is 15.0. The summed E-state index contributed by atoms with van der Waals surface area (Å²) in [6.07, 6.45) is 2.50. The zero-order chi connectivity index (χ0) is 18.4. The maximum Gasteiger partial charge on any atom is 0.232 e. The lowest BCUT2D eigenvalue weighted by molar-refractivity contribution is 0.977. The smallest absolute Gasteiger partial charge is 0.232 e. The van der Waals surface area contributed by atoms with Crippen molar-refractivity contribution < 1.29 is 0 Å². The van der Waals surface area contributed by atoms with Crippen molar-refractivity contribution in [2.45, 2.75) is 24.1 Å². The molecule has 0 aliphatic heterocycles. The topological polar surface area (TPSA) is 113 Å². The van der Waals surface area contributed by atoms with E-state index in [-0.39, 0.29) is 5.95 Å². The molecule has 3 N–H and O–H groups in total. The Labute approximate surface area is 155 Å². The molecule has 0 atom stereocenters. The number of benzene rings is 1. The highest BCUT2D eigenvalue weighted by Crippen LogP contribution is 2.22. The minimum atomic E-state index is 0.158. The van der Waals surface area contributed by atoms with Crippen LogP contribution in [0, 0.1) is 11.3 Å². The number of para-hydroxylation sites is 1. The van der Waals surface area contributed by atoms with Gasteiger partial charge in [0.25, 0.3) is 0 Å². The van der Waals surface area contributed by atoms with Gasteiger partial charge in [0.2, 0.25) is 11.9 Å². The summed E-state index contributed by atoms with van der Waals surface area (Å²) in [7, 11) is 0. The van der Waals surface area contributed by atoms with Gasteiger partial charge in [-0.25, -0.2) is 4.98 Å². The van der Waals surface area contributed by atoms with Crippen LogP contribution in [0.1, 0.15) is 23.9 Å². The van der Waals surface area contributed by atoms with Crippen LogP contribution in [0.3, 0.4) is 0 Å². The molecule has 2 aromatic heterocycles. The van der Waals surface area contributed by atoms with Gasteiger partial charge in [-0.1, -0.05) is 36.9 Å². The molecule has 0 spiro atoms. The molecule has 0 amide bonds. The quantitative estimate of drug-likeness (QED) is 0.641. The van der Waals surface area contributed by atoms with Gasteiger partial charge in [-0.15, -0.1) is 0 Å². The molecular weight excluding hydrogens is 346 g/mol. The summed E-state index contributed by atoms with van der Waals surface area (Å²) in [5.74, 6) is 1.58. The Kier molecular flexibility index (Phi) is 5.61. The minimum Gasteiger partial charge on any atom is -0.368 e. The zero-order valence-electron chi connectivity index (χ0n) is 14.2. The molecule has 0 aliphatic carbocycles. The van der Waals surface area contributed by atoms with Crippen molar-refractivity contribution >= 4 is 29.3 Å². The molecule has 1 aromatic carbocycles. The highest BCUT2D eigenvalue weighted by molar-refractivity contribution is 7.98. The van der Waals surface area contributed by atoms with Gasteiger partial charge >= 0.3 is 0 Å². The molecule has 8 heteroatoms. The third-order valence-electron chi connectivity index (χ3n) is 3.56. The number of nitriles is 1. The van der Waals surface area contributed by atoms with Crippen LogP contribution in [-0.2, 0) is 12.2 Å². The number of aromatic nitrogens is 4. The Hall–Kier alpha value is -3.18. The third kappa shape index (κ3) is 4.46. The first-order valence-corrected chi connectivity index (χ1v) is 9.01. The lowest BCUT2D eigenvalue weighted by Gasteiger charge is -2.10. The van der Waals surface area contributed by atoms with Crippen LogP contribution in [0.4, 0.5) is 17.6 Å². The summed E-state index contributed by atoms with van der Waals surface area (Å²) in [6, 6.07) is 13.5. The second kappa shape index (κ2) is 8.27. The molecule has 0 aliphatic rings. The molecule has 0 unspecified atom stereocenters. The fraction of sp³-hybridized carbons (Fsp3) is 0.167. The van der Waals surface area contributed by atoms with Gasteiger partial charge in [0.05, 0.1) is 22.4 Å². The van der Waals surface area contributed by atoms with Gasteiger partial charge < -0.3 is 11.1 Å². The Morgan fingerprint density at radius 1 is 1.19 bits per heavy atom. The number of anilines is 3. The largest absolute Gasteiger partial charge is 0.368 e. The first-order valence-electron chi connectivity index (χ1n) is 8.02. The number of thioether (sulfide) groups is 1. The van der Waals surface area contributed by atoms with E-state index in [1.54, 1.807) is 18.3 Å². The second-order valence-corrected chi connectivity index (χ2v) is 6.35. The molecular formula is C18H17N7S. The number of nitrogen functional groups attached to an aromatic ring is 1. The summed E-state index contributed by atoms with van der Waals surface area (Å²) in [4.78, 5) is 17.0. The van der Waals surface area contributed by atoms with E-state index in [1.165, 1.54) is 17.3 Å². The summed E-state index contributed by atoms with van der Waals surface area (Å²) < 4.78 is 0. The van der Waals surface area contributed by atoms with Crippen LogP contribution >= 0.6 is 11.8 Å². The monoisotopic (exact) mass is 363 g/mol. The van der Waals surface area contributed by atoms with E-state index in [9.17, 15) is 0 Å². The number of nitrogens with zero attached hydrogens (tertiary/aromatic N) is 5. The summed E-state index contributed by atoms with van der Waals surface area (Å²) in [5.41, 5.74) is 8.51. The van der Waals surface area contributed by atoms with Gasteiger partial charge in [0, 0.05) is 11.9 Å². The Balaban J connectivity index is 1.76. The number of hydrogen-bond acceptors (Lipinski definition) is 8. The lowest BCUT2D eigenvalue weighted by Crippen LogP contribution is -2.07. The van der Waals surface area contributed by atoms with Crippen molar-refractivity contribution in [2.75, 3.05) is 11.1 Å². The molecule has 0 fully saturated rings. The number of rotatable bonds is 6. The van der Waals surface area contributed by atoms with Crippen LogP contribution in [0.5, 0.6) is 0 Å². The fourth-order valence-corrected chi connectivity index (χ4v) is 3.08. The van der Waals surface area contributed by atoms with Crippen LogP contribution in [0.15, 0.2) is 47.6 Å². The lowest BCUT2D eigenvalue weighted by atomic mass is 10.1. The van der Waals surface area contributed by atoms with Crippen molar-refractivity contribution in [3.63, 3.8) is 0 Å². The number of pyridine rings is 1. The molecule has 0 bridgehead atoms. The van der Waals surface area contributed by atoms with E-state index in [4.69, 9.17) is 11.0 Å². The third-order valence-corrected chi connectivity index (χ3v) is 4.48. The van der Waals surface area contributed by atoms with E-state index < -0.39 is 0 Å². The number of nitrogens with two attached hydrogens (primary N) is 1. The molecule has 26 heavy (non-hydrogen) atoms. The number of hydrogen-bond donors (Lipinski definition) is 2. The van der Waals surface area contributed by atoms with Crippen LogP contribution < -0.4 is 11.1 Å². The molecule has 7 nitrogen and oxygen atoms in total. The van der Waals surface area contributed by atoms with Crippen molar-refractivity contribution in [3.8, 4) is 6.07 Å². The molecule has 0 saturated carbocycles. The molecule has 3 aromatic rings. The second-order valence-electron chi connectivity index (χ2n) is 5.35. The average molecular weight is 363 g/mol. The van der Waals surface area contributed by atoms with Crippen LogP contribution in [-0.4, -0.2) is 19.9 Å². The highest BCUT2D eigenvalue weighted by atomic mass is 32.2. The van der Waals surface area contributed by atoms with Gasteiger partial charge in [-0.2, -0.15) is 20.2 Å². The Bertz CT molecular complexity index is 952. The predicted octanol–water partition coefficient (Wildman–Crippen LogP) is 3.32. The Morgan fingerprint density at radius 2 is 2.04 bits per heavy atom. The maximum atomic E-state index is 8.96. The Morgan fingerprint density at radius 3 is 2.85 bits per heavy atom. The van der Waals surface area contributed by atoms with Crippen LogP contribution in [0.2, 0.25) is 0 Å². The average Bonchev–Trinajstić information content (AvgIpc) is 2.66.